The molecule has 3 N–H and O–H groups in total. The lowest BCUT2D eigenvalue weighted by Crippen LogP contribution is -2.31. The molecule has 1 atom stereocenters. The van der Waals surface area contributed by atoms with Crippen LogP contribution in [0.25, 0.3) is 11.1 Å². The first-order chi connectivity index (χ1) is 19.1. The van der Waals surface area contributed by atoms with Crippen molar-refractivity contribution in [1.29, 1.82) is 0 Å². The fraction of sp³-hybridized carbons (Fsp3) is 0.0357. The van der Waals surface area contributed by atoms with Gasteiger partial charge in [-0.05, 0) is 65.5 Å². The number of nitrogens with zero attached hydrogens (tertiary/aromatic N) is 1. The maximum absolute atomic E-state index is 13.2. The Hall–Kier alpha value is -3.89. The zero-order chi connectivity index (χ0) is 28.9. The Morgan fingerprint density at radius 1 is 0.850 bits per heavy atom. The molecule has 3 amide bonds. The summed E-state index contributed by atoms with van der Waals surface area (Å²) in [6.45, 7) is 0. The number of pyridine rings is 1. The minimum absolute atomic E-state index is 0.132. The summed E-state index contributed by atoms with van der Waals surface area (Å²) in [7, 11) is -3.18. The predicted molar refractivity (Wildman–Crippen MR) is 161 cm³/mol. The van der Waals surface area contributed by atoms with Gasteiger partial charge >= 0.3 is 0 Å². The normalized spacial score (nSPS) is 12.2. The molecule has 3 aromatic carbocycles. The van der Waals surface area contributed by atoms with Crippen molar-refractivity contribution in [2.45, 2.75) is 4.90 Å². The van der Waals surface area contributed by atoms with Crippen LogP contribution >= 0.6 is 34.8 Å². The van der Waals surface area contributed by atoms with E-state index in [0.717, 1.165) is 0 Å². The van der Waals surface area contributed by atoms with Crippen molar-refractivity contribution in [3.8, 4) is 11.1 Å². The summed E-state index contributed by atoms with van der Waals surface area (Å²) in [4.78, 5) is 42.1. The lowest BCUT2D eigenvalue weighted by Gasteiger charge is -2.16. The van der Waals surface area contributed by atoms with Gasteiger partial charge in [0.1, 0.15) is 11.7 Å². The summed E-state index contributed by atoms with van der Waals surface area (Å²) >= 11 is 17.5. The second-order valence-electron chi connectivity index (χ2n) is 8.37. The molecule has 0 bridgehead atoms. The quantitative estimate of drug-likeness (QED) is 0.168. The zero-order valence-corrected chi connectivity index (χ0v) is 23.7. The Morgan fingerprint density at radius 2 is 1.55 bits per heavy atom. The van der Waals surface area contributed by atoms with Crippen molar-refractivity contribution in [2.24, 2.45) is 0 Å². The maximum atomic E-state index is 13.2. The standard InChI is InChI=1S/C28H21Cl3N4O4S/c1-40(39,35-26(36)15-29)24-5-3-2-4-21(24)17-6-8-18(9-7-17)27(37)33-23-12-10-19(30)14-22(23)28(38)34-25-13-11-20(31)16-32-25/h2-14,16H,1,15H2,(H,33,37)(H,32,34,38)(H,35,36,39). The molecule has 0 fully saturated rings. The van der Waals surface area contributed by atoms with Crippen molar-refractivity contribution in [3.05, 3.63) is 106 Å². The molecule has 1 unspecified atom stereocenters. The number of carbonyl (C=O) groups is 3. The summed E-state index contributed by atoms with van der Waals surface area (Å²) in [6, 6.07) is 20.9. The number of halogens is 3. The minimum atomic E-state index is -3.18. The molecule has 4 rings (SSSR count). The van der Waals surface area contributed by atoms with E-state index in [1.807, 2.05) is 0 Å². The van der Waals surface area contributed by atoms with Crippen molar-refractivity contribution >= 4 is 79.6 Å². The van der Waals surface area contributed by atoms with Crippen molar-refractivity contribution < 1.29 is 18.6 Å². The molecule has 204 valence electrons. The van der Waals surface area contributed by atoms with Gasteiger partial charge in [0.05, 0.1) is 30.9 Å². The Kier molecular flexibility index (Phi) is 9.11. The van der Waals surface area contributed by atoms with Gasteiger partial charge in [-0.1, -0.05) is 53.5 Å². The highest BCUT2D eigenvalue weighted by Gasteiger charge is 2.18. The topological polar surface area (TPSA) is 117 Å². The monoisotopic (exact) mass is 614 g/mol. The van der Waals surface area contributed by atoms with E-state index in [0.29, 0.717) is 31.6 Å². The van der Waals surface area contributed by atoms with E-state index < -0.39 is 27.4 Å². The van der Waals surface area contributed by atoms with Gasteiger partial charge in [0.25, 0.3) is 11.8 Å². The lowest BCUT2D eigenvalue weighted by molar-refractivity contribution is -0.116. The van der Waals surface area contributed by atoms with E-state index in [9.17, 15) is 18.6 Å². The van der Waals surface area contributed by atoms with Crippen LogP contribution < -0.4 is 15.4 Å². The van der Waals surface area contributed by atoms with Crippen LogP contribution in [-0.2, 0) is 14.5 Å². The zero-order valence-electron chi connectivity index (χ0n) is 20.6. The first-order valence-electron chi connectivity index (χ1n) is 11.5. The third-order valence-electron chi connectivity index (χ3n) is 5.54. The number of carbonyl (C=O) groups excluding carboxylic acids is 3. The van der Waals surface area contributed by atoms with Crippen LogP contribution in [0, 0.1) is 0 Å². The summed E-state index contributed by atoms with van der Waals surface area (Å²) in [6.07, 6.45) is 1.39. The van der Waals surface area contributed by atoms with Crippen LogP contribution in [0.4, 0.5) is 11.5 Å². The average Bonchev–Trinajstić information content (AvgIpc) is 2.95. The molecule has 0 aliphatic heterocycles. The third kappa shape index (κ3) is 7.00. The summed E-state index contributed by atoms with van der Waals surface area (Å²) in [5, 5.41) is 6.10. The van der Waals surface area contributed by atoms with Crippen molar-refractivity contribution in [3.63, 3.8) is 0 Å². The first-order valence-corrected chi connectivity index (χ1v) is 14.6. The number of anilines is 2. The molecule has 8 nitrogen and oxygen atoms in total. The van der Waals surface area contributed by atoms with Crippen molar-refractivity contribution in [1.82, 2.24) is 9.71 Å². The van der Waals surface area contributed by atoms with E-state index in [4.69, 9.17) is 34.8 Å². The molecule has 0 aliphatic carbocycles. The molecule has 40 heavy (non-hydrogen) atoms. The molecule has 0 saturated heterocycles. The van der Waals surface area contributed by atoms with Crippen LogP contribution in [0.2, 0.25) is 10.0 Å². The lowest BCUT2D eigenvalue weighted by atomic mass is 10.0. The molecule has 0 saturated carbocycles. The Bertz CT molecular complexity index is 1690. The van der Waals surface area contributed by atoms with Crippen LogP contribution in [0.3, 0.4) is 0 Å². The second-order valence-corrected chi connectivity index (χ2v) is 11.5. The summed E-state index contributed by atoms with van der Waals surface area (Å²) in [5.74, 6) is 1.99. The van der Waals surface area contributed by atoms with Crippen LogP contribution in [-0.4, -0.2) is 38.7 Å². The fourth-order valence-corrected chi connectivity index (χ4v) is 5.52. The number of aromatic nitrogens is 1. The Labute approximate surface area is 245 Å². The molecule has 0 aliphatic rings. The maximum Gasteiger partial charge on any atom is 0.258 e. The number of alkyl halides is 1. The minimum Gasteiger partial charge on any atom is -0.321 e. The van der Waals surface area contributed by atoms with E-state index >= 15 is 0 Å². The van der Waals surface area contributed by atoms with Gasteiger partial charge in [-0.3, -0.25) is 19.1 Å². The van der Waals surface area contributed by atoms with Gasteiger partial charge in [-0.2, -0.15) is 0 Å². The SMILES string of the molecule is C=S(=O)(NC(=O)CCl)c1ccccc1-c1ccc(C(=O)Nc2ccc(Cl)cc2C(=O)Nc2ccc(Cl)cn2)cc1. The molecule has 0 spiro atoms. The van der Waals surface area contributed by atoms with E-state index in [1.54, 1.807) is 66.7 Å². The molecular weight excluding hydrogens is 595 g/mol. The number of benzene rings is 3. The van der Waals surface area contributed by atoms with Gasteiger partial charge in [0, 0.05) is 16.8 Å². The molecule has 1 heterocycles. The largest absolute Gasteiger partial charge is 0.321 e. The smallest absolute Gasteiger partial charge is 0.258 e. The summed E-state index contributed by atoms with van der Waals surface area (Å²) < 4.78 is 15.5. The number of hydrogen-bond donors (Lipinski definition) is 3. The highest BCUT2D eigenvalue weighted by molar-refractivity contribution is 7.99. The first kappa shape index (κ1) is 29.1. The highest BCUT2D eigenvalue weighted by Crippen LogP contribution is 2.28. The highest BCUT2D eigenvalue weighted by atomic mass is 35.5. The summed E-state index contributed by atoms with van der Waals surface area (Å²) in [5.41, 5.74) is 1.88. The number of amides is 3. The van der Waals surface area contributed by atoms with Crippen molar-refractivity contribution in [2.75, 3.05) is 16.5 Å². The van der Waals surface area contributed by atoms with Crippen LogP contribution in [0.5, 0.6) is 0 Å². The second kappa shape index (κ2) is 12.5. The van der Waals surface area contributed by atoms with Gasteiger partial charge < -0.3 is 10.6 Å². The van der Waals surface area contributed by atoms with E-state index in [2.05, 4.69) is 26.2 Å². The average molecular weight is 616 g/mol. The fourth-order valence-electron chi connectivity index (χ4n) is 3.70. The Morgan fingerprint density at radius 3 is 2.23 bits per heavy atom. The number of nitrogens with one attached hydrogen (secondary N) is 3. The molecular formula is C28H21Cl3N4O4S. The number of rotatable bonds is 8. The molecule has 1 aromatic heterocycles. The third-order valence-corrected chi connectivity index (χ3v) is 7.87. The van der Waals surface area contributed by atoms with E-state index in [1.165, 1.54) is 18.3 Å². The molecule has 0 radical (unpaired) electrons. The molecule has 12 heteroatoms. The van der Waals surface area contributed by atoms with E-state index in [-0.39, 0.29) is 22.9 Å². The van der Waals surface area contributed by atoms with Gasteiger partial charge in [0.15, 0.2) is 0 Å². The Balaban J connectivity index is 1.56. The molecule has 4 aromatic rings. The van der Waals surface area contributed by atoms with Gasteiger partial charge in [-0.15, -0.1) is 11.6 Å². The number of hydrogen-bond acceptors (Lipinski definition) is 5. The van der Waals surface area contributed by atoms with Crippen LogP contribution in [0.1, 0.15) is 20.7 Å². The van der Waals surface area contributed by atoms with Gasteiger partial charge in [0.2, 0.25) is 5.91 Å². The predicted octanol–water partition coefficient (Wildman–Crippen LogP) is 5.91. The van der Waals surface area contributed by atoms with Crippen LogP contribution in [0.15, 0.2) is 90.0 Å². The van der Waals surface area contributed by atoms with Gasteiger partial charge in [-0.25, -0.2) is 9.19 Å².